The zero-order valence-electron chi connectivity index (χ0n) is 9.86. The van der Waals surface area contributed by atoms with Crippen molar-refractivity contribution in [3.8, 4) is 0 Å². The summed E-state index contributed by atoms with van der Waals surface area (Å²) >= 11 is 0. The van der Waals surface area contributed by atoms with Crippen molar-refractivity contribution in [1.82, 2.24) is 0 Å². The van der Waals surface area contributed by atoms with E-state index in [1.807, 2.05) is 0 Å². The van der Waals surface area contributed by atoms with E-state index < -0.39 is 9.84 Å². The number of carbonyl (C=O) groups excluding carboxylic acids is 1. The Morgan fingerprint density at radius 1 is 1.41 bits per heavy atom. The Labute approximate surface area is 101 Å². The van der Waals surface area contributed by atoms with Gasteiger partial charge in [0.05, 0.1) is 5.75 Å². The van der Waals surface area contributed by atoms with Gasteiger partial charge in [-0.05, 0) is 24.6 Å². The summed E-state index contributed by atoms with van der Waals surface area (Å²) in [5, 5.41) is 2.64. The van der Waals surface area contributed by atoms with Crippen molar-refractivity contribution in [2.75, 3.05) is 23.1 Å². The van der Waals surface area contributed by atoms with Gasteiger partial charge in [0, 0.05) is 24.1 Å². The standard InChI is InChI=1S/C11H16N2O3S/c1-8-9(12)4-3-5-10(8)13-11(14)6-7-17(2,15)16/h3-5H,6-7,12H2,1-2H3,(H,13,14). The topological polar surface area (TPSA) is 89.3 Å². The molecule has 1 aromatic carbocycles. The predicted molar refractivity (Wildman–Crippen MR) is 68.5 cm³/mol. The van der Waals surface area contributed by atoms with Crippen LogP contribution in [0.1, 0.15) is 12.0 Å². The molecule has 1 aromatic rings. The highest BCUT2D eigenvalue weighted by atomic mass is 32.2. The van der Waals surface area contributed by atoms with E-state index in [1.54, 1.807) is 25.1 Å². The maximum atomic E-state index is 11.5. The second-order valence-electron chi connectivity index (χ2n) is 3.95. The lowest BCUT2D eigenvalue weighted by atomic mass is 10.1. The molecule has 6 heteroatoms. The van der Waals surface area contributed by atoms with Crippen molar-refractivity contribution in [2.45, 2.75) is 13.3 Å². The summed E-state index contributed by atoms with van der Waals surface area (Å²) in [5.74, 6) is -0.482. The van der Waals surface area contributed by atoms with Crippen LogP contribution < -0.4 is 11.1 Å². The Hall–Kier alpha value is -1.56. The van der Waals surface area contributed by atoms with Crippen molar-refractivity contribution in [3.05, 3.63) is 23.8 Å². The van der Waals surface area contributed by atoms with E-state index >= 15 is 0 Å². The first-order chi connectivity index (χ1) is 7.79. The quantitative estimate of drug-likeness (QED) is 0.785. The van der Waals surface area contributed by atoms with Crippen molar-refractivity contribution in [3.63, 3.8) is 0 Å². The fourth-order valence-electron chi connectivity index (χ4n) is 1.28. The molecule has 0 atom stereocenters. The third-order valence-corrected chi connectivity index (χ3v) is 3.30. The van der Waals surface area contributed by atoms with Crippen molar-refractivity contribution in [2.24, 2.45) is 0 Å². The molecule has 3 N–H and O–H groups in total. The summed E-state index contributed by atoms with van der Waals surface area (Å²) in [6, 6.07) is 5.19. The van der Waals surface area contributed by atoms with E-state index in [4.69, 9.17) is 5.73 Å². The SMILES string of the molecule is Cc1c(N)cccc1NC(=O)CCS(C)(=O)=O. The minimum Gasteiger partial charge on any atom is -0.398 e. The highest BCUT2D eigenvalue weighted by Gasteiger charge is 2.09. The highest BCUT2D eigenvalue weighted by molar-refractivity contribution is 7.90. The minimum atomic E-state index is -3.12. The largest absolute Gasteiger partial charge is 0.398 e. The Kier molecular flexibility index (Phi) is 4.11. The van der Waals surface area contributed by atoms with Crippen LogP contribution in [-0.4, -0.2) is 26.3 Å². The molecule has 0 fully saturated rings. The third kappa shape index (κ3) is 4.44. The van der Waals surface area contributed by atoms with Gasteiger partial charge in [0.15, 0.2) is 0 Å². The Bertz CT molecular complexity index is 524. The van der Waals surface area contributed by atoms with Crippen LogP contribution in [0.2, 0.25) is 0 Å². The van der Waals surface area contributed by atoms with E-state index in [-0.39, 0.29) is 18.1 Å². The fraction of sp³-hybridized carbons (Fsp3) is 0.364. The van der Waals surface area contributed by atoms with Gasteiger partial charge >= 0.3 is 0 Å². The van der Waals surface area contributed by atoms with E-state index in [2.05, 4.69) is 5.32 Å². The second-order valence-corrected chi connectivity index (χ2v) is 6.21. The van der Waals surface area contributed by atoms with Gasteiger partial charge in [0.25, 0.3) is 0 Å². The van der Waals surface area contributed by atoms with Crippen LogP contribution in [0.5, 0.6) is 0 Å². The predicted octanol–water partition coefficient (Wildman–Crippen LogP) is 0.950. The molecular formula is C11H16N2O3S. The molecule has 94 valence electrons. The minimum absolute atomic E-state index is 0.0485. The lowest BCUT2D eigenvalue weighted by Gasteiger charge is -2.09. The van der Waals surface area contributed by atoms with Crippen LogP contribution in [0.3, 0.4) is 0 Å². The average Bonchev–Trinajstić information content (AvgIpc) is 2.21. The molecule has 0 spiro atoms. The summed E-state index contributed by atoms with van der Waals surface area (Å²) in [7, 11) is -3.12. The number of nitrogens with one attached hydrogen (secondary N) is 1. The number of nitrogens with two attached hydrogens (primary N) is 1. The zero-order valence-corrected chi connectivity index (χ0v) is 10.7. The third-order valence-electron chi connectivity index (χ3n) is 2.35. The van der Waals surface area contributed by atoms with Crippen molar-refractivity contribution in [1.29, 1.82) is 0 Å². The molecule has 0 saturated heterocycles. The number of carbonyl (C=O) groups is 1. The zero-order chi connectivity index (χ0) is 13.1. The van der Waals surface area contributed by atoms with E-state index in [1.165, 1.54) is 0 Å². The van der Waals surface area contributed by atoms with Gasteiger partial charge in [-0.2, -0.15) is 0 Å². The molecule has 17 heavy (non-hydrogen) atoms. The van der Waals surface area contributed by atoms with Crippen LogP contribution in [0, 0.1) is 6.92 Å². The number of benzene rings is 1. The van der Waals surface area contributed by atoms with Gasteiger partial charge in [-0.3, -0.25) is 4.79 Å². The molecule has 5 nitrogen and oxygen atoms in total. The molecule has 1 amide bonds. The first-order valence-corrected chi connectivity index (χ1v) is 7.18. The molecule has 0 unspecified atom stereocenters. The number of rotatable bonds is 4. The van der Waals surface area contributed by atoms with Crippen LogP contribution in [0.25, 0.3) is 0 Å². The van der Waals surface area contributed by atoms with Crippen LogP contribution in [0.15, 0.2) is 18.2 Å². The summed E-state index contributed by atoms with van der Waals surface area (Å²) in [4.78, 5) is 11.5. The van der Waals surface area contributed by atoms with Gasteiger partial charge in [-0.15, -0.1) is 0 Å². The molecule has 0 aromatic heterocycles. The molecule has 0 aliphatic rings. The van der Waals surface area contributed by atoms with Crippen LogP contribution in [-0.2, 0) is 14.6 Å². The number of amides is 1. The average molecular weight is 256 g/mol. The fourth-order valence-corrected chi connectivity index (χ4v) is 1.84. The first kappa shape index (κ1) is 13.5. The molecule has 0 aliphatic carbocycles. The van der Waals surface area contributed by atoms with Crippen LogP contribution in [0.4, 0.5) is 11.4 Å². The maximum absolute atomic E-state index is 11.5. The van der Waals surface area contributed by atoms with Gasteiger partial charge < -0.3 is 11.1 Å². The summed E-state index contributed by atoms with van der Waals surface area (Å²) < 4.78 is 21.8. The molecular weight excluding hydrogens is 240 g/mol. The molecule has 0 heterocycles. The number of hydrogen-bond acceptors (Lipinski definition) is 4. The maximum Gasteiger partial charge on any atom is 0.225 e. The Balaban J connectivity index is 2.66. The number of nitrogen functional groups attached to an aromatic ring is 1. The summed E-state index contributed by atoms with van der Waals surface area (Å²) in [6.45, 7) is 1.79. The van der Waals surface area contributed by atoms with Gasteiger partial charge in [-0.1, -0.05) is 6.07 Å². The molecule has 0 aliphatic heterocycles. The van der Waals surface area contributed by atoms with Gasteiger partial charge in [0.2, 0.25) is 5.91 Å². The Morgan fingerprint density at radius 3 is 2.65 bits per heavy atom. The van der Waals surface area contributed by atoms with Crippen LogP contribution >= 0.6 is 0 Å². The van der Waals surface area contributed by atoms with E-state index in [9.17, 15) is 13.2 Å². The summed E-state index contributed by atoms with van der Waals surface area (Å²) in [6.07, 6.45) is 1.05. The van der Waals surface area contributed by atoms with Gasteiger partial charge in [-0.25, -0.2) is 8.42 Å². The number of hydrogen-bond donors (Lipinski definition) is 2. The number of sulfone groups is 1. The highest BCUT2D eigenvalue weighted by Crippen LogP contribution is 2.20. The molecule has 0 bridgehead atoms. The first-order valence-electron chi connectivity index (χ1n) is 5.12. The normalized spacial score (nSPS) is 11.2. The molecule has 0 saturated carbocycles. The summed E-state index contributed by atoms with van der Waals surface area (Å²) in [5.41, 5.74) is 7.67. The lowest BCUT2D eigenvalue weighted by molar-refractivity contribution is -0.115. The lowest BCUT2D eigenvalue weighted by Crippen LogP contribution is -2.17. The van der Waals surface area contributed by atoms with Crippen molar-refractivity contribution < 1.29 is 13.2 Å². The van der Waals surface area contributed by atoms with E-state index in [0.29, 0.717) is 11.4 Å². The van der Waals surface area contributed by atoms with Crippen molar-refractivity contribution >= 4 is 27.1 Å². The van der Waals surface area contributed by atoms with Gasteiger partial charge in [0.1, 0.15) is 9.84 Å². The smallest absolute Gasteiger partial charge is 0.225 e. The number of anilines is 2. The Morgan fingerprint density at radius 2 is 2.06 bits per heavy atom. The molecule has 1 rings (SSSR count). The monoisotopic (exact) mass is 256 g/mol. The van der Waals surface area contributed by atoms with E-state index in [0.717, 1.165) is 11.8 Å². The second kappa shape index (κ2) is 5.18. The molecule has 0 radical (unpaired) electrons.